The summed E-state index contributed by atoms with van der Waals surface area (Å²) in [5.74, 6) is -4.93. The molecule has 0 saturated carbocycles. The quantitative estimate of drug-likeness (QED) is 0.354. The van der Waals surface area contributed by atoms with Crippen molar-refractivity contribution >= 4 is 47.5 Å². The van der Waals surface area contributed by atoms with E-state index in [2.05, 4.69) is 12.5 Å². The molecule has 0 aromatic heterocycles. The lowest BCUT2D eigenvalue weighted by Gasteiger charge is -2.35. The van der Waals surface area contributed by atoms with Gasteiger partial charge in [0.05, 0.1) is 19.6 Å². The molecule has 3 rings (SSSR count). The van der Waals surface area contributed by atoms with Crippen molar-refractivity contribution in [3.05, 3.63) is 42.0 Å². The highest BCUT2D eigenvalue weighted by Crippen LogP contribution is 2.53. The van der Waals surface area contributed by atoms with Crippen molar-refractivity contribution < 1.29 is 52.7 Å². The van der Waals surface area contributed by atoms with Crippen LogP contribution in [0.15, 0.2) is 36.4 Å². The van der Waals surface area contributed by atoms with Crippen molar-refractivity contribution in [3.8, 4) is 5.75 Å². The number of nitrogens with one attached hydrogen (secondary N) is 1. The van der Waals surface area contributed by atoms with Gasteiger partial charge in [-0.1, -0.05) is 28.4 Å². The fraction of sp³-hybridized carbons (Fsp3) is 0.389. The van der Waals surface area contributed by atoms with Crippen molar-refractivity contribution in [2.75, 3.05) is 25.4 Å². The molecule has 7 nitrogen and oxygen atoms in total. The summed E-state index contributed by atoms with van der Waals surface area (Å²) in [6.07, 6.45) is 4.17. The second kappa shape index (κ2) is 9.20. The first kappa shape index (κ1) is 28.2. The molecule has 0 unspecified atom stereocenters. The van der Waals surface area contributed by atoms with Crippen LogP contribution < -0.4 is 8.86 Å². The van der Waals surface area contributed by atoms with Crippen LogP contribution in [0.4, 0.5) is 26.3 Å². The SMILES string of the molecule is COc1ccc(C(=O)C[S+](C)C)c2ccccc12.O=S1(=O)NS(=O)(=O)C(F)(F)C(F)(F)C1(F)F. The Morgan fingerprint density at radius 3 is 1.79 bits per heavy atom. The number of carbonyl (C=O) groups excluding carboxylic acids is 1. The number of carbonyl (C=O) groups is 1. The van der Waals surface area contributed by atoms with E-state index in [1.165, 1.54) is 0 Å². The molecule has 1 aliphatic rings. The zero-order valence-electron chi connectivity index (χ0n) is 17.6. The number of rotatable bonds is 4. The van der Waals surface area contributed by atoms with Crippen LogP contribution >= 0.6 is 0 Å². The number of halogens is 6. The summed E-state index contributed by atoms with van der Waals surface area (Å²) in [4.78, 5) is 12.2. The molecule has 34 heavy (non-hydrogen) atoms. The average molecular weight is 555 g/mol. The summed E-state index contributed by atoms with van der Waals surface area (Å²) in [5, 5.41) is -10.5. The summed E-state index contributed by atoms with van der Waals surface area (Å²) in [5.41, 5.74) is 0.799. The van der Waals surface area contributed by atoms with Gasteiger partial charge in [0, 0.05) is 10.9 Å². The highest BCUT2D eigenvalue weighted by atomic mass is 32.3. The monoisotopic (exact) mass is 554 g/mol. The van der Waals surface area contributed by atoms with Gasteiger partial charge in [0.1, 0.15) is 5.75 Å². The molecule has 1 heterocycles. The van der Waals surface area contributed by atoms with E-state index in [1.54, 1.807) is 7.11 Å². The van der Waals surface area contributed by atoms with Gasteiger partial charge in [0.2, 0.25) is 5.78 Å². The molecule has 0 aliphatic carbocycles. The largest absolute Gasteiger partial charge is 0.496 e. The minimum atomic E-state index is -6.57. The Morgan fingerprint density at radius 1 is 0.882 bits per heavy atom. The van der Waals surface area contributed by atoms with Crippen LogP contribution in [-0.4, -0.2) is 64.4 Å². The minimum absolute atomic E-state index is 0.123. The number of ether oxygens (including phenoxy) is 1. The molecule has 0 atom stereocenters. The highest BCUT2D eigenvalue weighted by molar-refractivity contribution is 8.06. The molecule has 0 amide bonds. The van der Waals surface area contributed by atoms with E-state index in [-0.39, 0.29) is 20.8 Å². The molecule has 2 aromatic carbocycles. The first-order valence-corrected chi connectivity index (χ1v) is 14.1. The molecule has 16 heteroatoms. The number of sulfonamides is 2. The van der Waals surface area contributed by atoms with Crippen LogP contribution in [0.3, 0.4) is 0 Å². The van der Waals surface area contributed by atoms with E-state index in [0.717, 1.165) is 22.1 Å². The Morgan fingerprint density at radius 2 is 1.35 bits per heavy atom. The van der Waals surface area contributed by atoms with Gasteiger partial charge in [-0.05, 0) is 28.4 Å². The maximum absolute atomic E-state index is 12.5. The fourth-order valence-corrected chi connectivity index (χ4v) is 6.46. The van der Waals surface area contributed by atoms with Gasteiger partial charge < -0.3 is 4.74 Å². The maximum Gasteiger partial charge on any atom is 0.429 e. The number of benzene rings is 2. The van der Waals surface area contributed by atoms with Crippen molar-refractivity contribution in [3.63, 3.8) is 0 Å². The second-order valence-corrected chi connectivity index (χ2v) is 13.1. The summed E-state index contributed by atoms with van der Waals surface area (Å²) in [6.45, 7) is 0. The molecule has 1 saturated heterocycles. The molecule has 1 aliphatic heterocycles. The lowest BCUT2D eigenvalue weighted by Crippen LogP contribution is -2.70. The Bertz CT molecular complexity index is 1270. The molecule has 0 spiro atoms. The number of ketones is 1. The normalized spacial score (nSPS) is 21.4. The number of alkyl halides is 6. The van der Waals surface area contributed by atoms with Crippen LogP contribution in [0.1, 0.15) is 10.4 Å². The smallest absolute Gasteiger partial charge is 0.429 e. The van der Waals surface area contributed by atoms with Gasteiger partial charge in [0.25, 0.3) is 20.0 Å². The third-order valence-electron chi connectivity index (χ3n) is 4.45. The van der Waals surface area contributed by atoms with Gasteiger partial charge in [-0.2, -0.15) is 26.3 Å². The van der Waals surface area contributed by atoms with E-state index < -0.39 is 36.5 Å². The molecule has 2 aromatic rings. The Hall–Kier alpha value is -2.04. The number of hydrogen-bond acceptors (Lipinski definition) is 6. The topological polar surface area (TPSA) is 107 Å². The second-order valence-electron chi connectivity index (χ2n) is 7.11. The molecular weight excluding hydrogens is 536 g/mol. The predicted octanol–water partition coefficient (Wildman–Crippen LogP) is 2.98. The van der Waals surface area contributed by atoms with E-state index in [0.29, 0.717) is 5.75 Å². The third kappa shape index (κ3) is 4.59. The van der Waals surface area contributed by atoms with E-state index in [1.807, 2.05) is 36.4 Å². The molecule has 0 bridgehead atoms. The molecule has 1 fully saturated rings. The Labute approximate surface area is 193 Å². The Kier molecular flexibility index (Phi) is 7.63. The summed E-state index contributed by atoms with van der Waals surface area (Å²) >= 11 is 0. The van der Waals surface area contributed by atoms with Gasteiger partial charge >= 0.3 is 16.4 Å². The number of hydrogen-bond donors (Lipinski definition) is 1. The van der Waals surface area contributed by atoms with Crippen LogP contribution in [0, 0.1) is 0 Å². The van der Waals surface area contributed by atoms with Crippen LogP contribution in [0.25, 0.3) is 10.8 Å². The van der Waals surface area contributed by atoms with E-state index in [9.17, 15) is 48.0 Å². The zero-order chi connectivity index (χ0) is 26.3. The zero-order valence-corrected chi connectivity index (χ0v) is 20.1. The van der Waals surface area contributed by atoms with Crippen molar-refractivity contribution in [1.29, 1.82) is 0 Å². The van der Waals surface area contributed by atoms with Crippen LogP contribution in [0.2, 0.25) is 0 Å². The Balaban J connectivity index is 0.000000242. The fourth-order valence-electron chi connectivity index (χ4n) is 2.79. The van der Waals surface area contributed by atoms with Gasteiger partial charge in [-0.3, -0.25) is 4.79 Å². The maximum atomic E-state index is 12.5. The molecule has 190 valence electrons. The van der Waals surface area contributed by atoms with Crippen LogP contribution in [-0.2, 0) is 30.9 Å². The number of Topliss-reactive ketones (excluding diaryl/α,β-unsaturated/α-hetero) is 1. The van der Waals surface area contributed by atoms with Crippen molar-refractivity contribution in [2.24, 2.45) is 0 Å². The van der Waals surface area contributed by atoms with Crippen molar-refractivity contribution in [1.82, 2.24) is 4.13 Å². The standard InChI is InChI=1S/C15H17O2S.C3HF6NO4S2/c1-17-15-9-8-12(14(16)10-18(2)3)11-6-4-5-7-13(11)15;4-1(5)2(6,7)15(11,12)10-16(13,14)3(1,8)9/h4-9H,10H2,1-3H3;10H/q+1;. The van der Waals surface area contributed by atoms with E-state index >= 15 is 0 Å². The summed E-state index contributed by atoms with van der Waals surface area (Å²) < 4.78 is 121. The van der Waals surface area contributed by atoms with E-state index in [4.69, 9.17) is 4.74 Å². The molecule has 1 N–H and O–H groups in total. The average Bonchev–Trinajstić information content (AvgIpc) is 2.70. The number of methoxy groups -OCH3 is 1. The minimum Gasteiger partial charge on any atom is -0.496 e. The van der Waals surface area contributed by atoms with Gasteiger partial charge in [-0.25, -0.2) is 16.8 Å². The van der Waals surface area contributed by atoms with Gasteiger partial charge in [-0.15, -0.1) is 0 Å². The molecular formula is C18H18F6NO6S3+. The lowest BCUT2D eigenvalue weighted by molar-refractivity contribution is -0.246. The first-order valence-electron chi connectivity index (χ1n) is 8.88. The number of fused-ring (bicyclic) bond motifs is 1. The van der Waals surface area contributed by atoms with Gasteiger partial charge in [0.15, 0.2) is 5.75 Å². The van der Waals surface area contributed by atoms with Crippen molar-refractivity contribution in [2.45, 2.75) is 16.4 Å². The first-order chi connectivity index (χ1) is 15.3. The lowest BCUT2D eigenvalue weighted by atomic mass is 10.0. The predicted molar refractivity (Wildman–Crippen MR) is 115 cm³/mol. The summed E-state index contributed by atoms with van der Waals surface area (Å²) in [6, 6.07) is 11.6. The molecule has 0 radical (unpaired) electrons. The highest BCUT2D eigenvalue weighted by Gasteiger charge is 2.86. The summed E-state index contributed by atoms with van der Waals surface area (Å²) in [7, 11) is -11.1. The third-order valence-corrected chi connectivity index (χ3v) is 8.91. The van der Waals surface area contributed by atoms with Crippen LogP contribution in [0.5, 0.6) is 5.75 Å².